The molecule has 3 aromatic rings. The number of urea groups is 1. The van der Waals surface area contributed by atoms with Crippen LogP contribution >= 0.6 is 0 Å². The number of para-hydroxylation sites is 2. The first kappa shape index (κ1) is 29.2. The molecule has 6 N–H and O–H groups in total. The molecule has 1 fully saturated rings. The van der Waals surface area contributed by atoms with Crippen molar-refractivity contribution >= 4 is 29.3 Å². The fraction of sp³-hybridized carbons (Fsp3) is 0.276. The van der Waals surface area contributed by atoms with Gasteiger partial charge in [0.25, 0.3) is 0 Å². The van der Waals surface area contributed by atoms with Gasteiger partial charge in [-0.15, -0.1) is 0 Å². The van der Waals surface area contributed by atoms with Crippen molar-refractivity contribution in [2.75, 3.05) is 31.4 Å². The Morgan fingerprint density at radius 1 is 1.02 bits per heavy atom. The zero-order valence-corrected chi connectivity index (χ0v) is 22.8. The lowest BCUT2D eigenvalue weighted by Gasteiger charge is -2.29. The quantitative estimate of drug-likeness (QED) is 0.141. The number of nitrogens with two attached hydrogens (primary N) is 1. The molecular weight excluding hydrogens is 530 g/mol. The highest BCUT2D eigenvalue weighted by Crippen LogP contribution is 2.27. The third kappa shape index (κ3) is 7.65. The number of phenols is 1. The summed E-state index contributed by atoms with van der Waals surface area (Å²) < 4.78 is 16.1. The van der Waals surface area contributed by atoms with E-state index in [2.05, 4.69) is 16.1 Å². The lowest BCUT2D eigenvalue weighted by Crippen LogP contribution is -2.54. The number of hydrogen-bond donors (Lipinski definition) is 5. The number of phenolic OH excluding ortho intramolecular Hbond substituents is 1. The highest BCUT2D eigenvalue weighted by molar-refractivity contribution is 6.01. The lowest BCUT2D eigenvalue weighted by molar-refractivity contribution is -0.126. The smallest absolute Gasteiger partial charge is 0.337 e. The molecule has 4 rings (SSSR count). The van der Waals surface area contributed by atoms with Crippen LogP contribution in [0.4, 0.5) is 16.2 Å². The molecule has 3 amide bonds. The first-order chi connectivity index (χ1) is 19.8. The van der Waals surface area contributed by atoms with Crippen LogP contribution in [-0.4, -0.2) is 61.1 Å². The highest BCUT2D eigenvalue weighted by Gasteiger charge is 2.32. The minimum Gasteiger partial charge on any atom is -0.506 e. The number of ether oxygens (including phenoxy) is 3. The molecule has 1 saturated heterocycles. The molecule has 1 heterocycles. The van der Waals surface area contributed by atoms with E-state index in [1.807, 2.05) is 0 Å². The summed E-state index contributed by atoms with van der Waals surface area (Å²) in [6, 6.07) is 17.1. The van der Waals surface area contributed by atoms with E-state index in [4.69, 9.17) is 19.9 Å². The molecule has 1 aliphatic heterocycles. The number of nitrogens with zero attached hydrogens (tertiary/aromatic N) is 1. The van der Waals surface area contributed by atoms with Gasteiger partial charge in [-0.2, -0.15) is 0 Å². The SMILES string of the molecule is COC(=O)c1cccc(OC(N)C2CCCN2NC(=O)Cc2ccc(NC(=O)Nc3ccccc3O)c(OC)c2)c1. The molecule has 0 bridgehead atoms. The molecule has 0 spiro atoms. The number of amides is 3. The van der Waals surface area contributed by atoms with Crippen molar-refractivity contribution in [2.45, 2.75) is 31.5 Å². The van der Waals surface area contributed by atoms with Crippen molar-refractivity contribution in [3.8, 4) is 17.2 Å². The average molecular weight is 564 g/mol. The van der Waals surface area contributed by atoms with Crippen LogP contribution in [0.25, 0.3) is 0 Å². The Balaban J connectivity index is 1.33. The number of nitrogens with one attached hydrogen (secondary N) is 3. The van der Waals surface area contributed by atoms with Gasteiger partial charge in [0, 0.05) is 6.54 Å². The van der Waals surface area contributed by atoms with Crippen molar-refractivity contribution in [1.29, 1.82) is 0 Å². The van der Waals surface area contributed by atoms with Gasteiger partial charge in [0.1, 0.15) is 17.2 Å². The molecule has 216 valence electrons. The van der Waals surface area contributed by atoms with Crippen molar-refractivity contribution in [3.63, 3.8) is 0 Å². The number of esters is 1. The van der Waals surface area contributed by atoms with E-state index < -0.39 is 18.2 Å². The molecule has 2 unspecified atom stereocenters. The zero-order chi connectivity index (χ0) is 29.4. The number of carbonyl (C=O) groups excluding carboxylic acids is 3. The number of rotatable bonds is 10. The maximum atomic E-state index is 12.9. The Kier molecular flexibility index (Phi) is 9.61. The maximum Gasteiger partial charge on any atom is 0.337 e. The Hall–Kier alpha value is -4.81. The number of aromatic hydroxyl groups is 1. The first-order valence-corrected chi connectivity index (χ1v) is 13.0. The number of anilines is 2. The minimum atomic E-state index is -0.750. The number of hydrogen-bond acceptors (Lipinski definition) is 9. The first-order valence-electron chi connectivity index (χ1n) is 13.0. The van der Waals surface area contributed by atoms with Crippen LogP contribution in [-0.2, 0) is 16.0 Å². The molecule has 0 saturated carbocycles. The normalized spacial score (nSPS) is 15.4. The molecule has 0 aliphatic carbocycles. The molecule has 12 nitrogen and oxygen atoms in total. The summed E-state index contributed by atoms with van der Waals surface area (Å²) in [5.74, 6) is 0.00308. The van der Waals surface area contributed by atoms with Gasteiger partial charge >= 0.3 is 12.0 Å². The second-order valence-electron chi connectivity index (χ2n) is 9.35. The van der Waals surface area contributed by atoms with Crippen LogP contribution in [0.5, 0.6) is 17.2 Å². The topological polar surface area (TPSA) is 164 Å². The fourth-order valence-corrected chi connectivity index (χ4v) is 4.51. The van der Waals surface area contributed by atoms with Gasteiger partial charge in [-0.25, -0.2) is 14.6 Å². The second-order valence-corrected chi connectivity index (χ2v) is 9.35. The summed E-state index contributed by atoms with van der Waals surface area (Å²) in [7, 11) is 2.77. The molecule has 41 heavy (non-hydrogen) atoms. The molecule has 1 aliphatic rings. The molecule has 12 heteroatoms. The molecule has 3 aromatic carbocycles. The summed E-state index contributed by atoms with van der Waals surface area (Å²) in [6.45, 7) is 0.605. The highest BCUT2D eigenvalue weighted by atomic mass is 16.5. The fourth-order valence-electron chi connectivity index (χ4n) is 4.51. The van der Waals surface area contributed by atoms with Crippen LogP contribution in [0.3, 0.4) is 0 Å². The van der Waals surface area contributed by atoms with Gasteiger partial charge in [0.2, 0.25) is 5.91 Å². The lowest BCUT2D eigenvalue weighted by atomic mass is 10.1. The second kappa shape index (κ2) is 13.5. The summed E-state index contributed by atoms with van der Waals surface area (Å²) in [6.07, 6.45) is 0.845. The van der Waals surface area contributed by atoms with Gasteiger partial charge in [-0.05, 0) is 60.9 Å². The third-order valence-electron chi connectivity index (χ3n) is 6.51. The third-order valence-corrected chi connectivity index (χ3v) is 6.51. The number of carbonyl (C=O) groups is 3. The minimum absolute atomic E-state index is 0.0568. The average Bonchev–Trinajstić information content (AvgIpc) is 3.42. The van der Waals surface area contributed by atoms with Gasteiger partial charge in [0.05, 0.1) is 43.6 Å². The molecular formula is C29H33N5O7. The van der Waals surface area contributed by atoms with E-state index >= 15 is 0 Å². The molecule has 0 radical (unpaired) electrons. The molecule has 0 aromatic heterocycles. The van der Waals surface area contributed by atoms with Crippen molar-refractivity contribution in [1.82, 2.24) is 10.4 Å². The largest absolute Gasteiger partial charge is 0.506 e. The van der Waals surface area contributed by atoms with E-state index in [1.54, 1.807) is 65.7 Å². The number of benzene rings is 3. The van der Waals surface area contributed by atoms with Gasteiger partial charge < -0.3 is 30.0 Å². The van der Waals surface area contributed by atoms with E-state index in [9.17, 15) is 19.5 Å². The van der Waals surface area contributed by atoms with Crippen LogP contribution in [0.1, 0.15) is 28.8 Å². The van der Waals surface area contributed by atoms with E-state index in [0.29, 0.717) is 34.9 Å². The number of methoxy groups -OCH3 is 2. The van der Waals surface area contributed by atoms with Gasteiger partial charge in [-0.3, -0.25) is 16.0 Å². The van der Waals surface area contributed by atoms with Crippen molar-refractivity contribution < 1.29 is 33.7 Å². The predicted molar refractivity (Wildman–Crippen MR) is 152 cm³/mol. The van der Waals surface area contributed by atoms with Crippen LogP contribution in [0.2, 0.25) is 0 Å². The Bertz CT molecular complexity index is 1400. The Labute approximate surface area is 237 Å². The monoisotopic (exact) mass is 563 g/mol. The Morgan fingerprint density at radius 2 is 1.80 bits per heavy atom. The van der Waals surface area contributed by atoms with E-state index in [1.165, 1.54) is 20.3 Å². The van der Waals surface area contributed by atoms with Crippen LogP contribution < -0.4 is 31.3 Å². The van der Waals surface area contributed by atoms with Crippen LogP contribution in [0, 0.1) is 0 Å². The predicted octanol–water partition coefficient (Wildman–Crippen LogP) is 3.23. The summed E-state index contributed by atoms with van der Waals surface area (Å²) in [5, 5.41) is 16.9. The Morgan fingerprint density at radius 3 is 2.56 bits per heavy atom. The molecule has 2 atom stereocenters. The number of hydrazine groups is 1. The van der Waals surface area contributed by atoms with Crippen LogP contribution in [0.15, 0.2) is 66.7 Å². The van der Waals surface area contributed by atoms with E-state index in [-0.39, 0.29) is 29.8 Å². The maximum absolute atomic E-state index is 12.9. The van der Waals surface area contributed by atoms with Crippen molar-refractivity contribution in [2.24, 2.45) is 5.73 Å². The summed E-state index contributed by atoms with van der Waals surface area (Å²) >= 11 is 0. The standard InChI is InChI=1S/C29H33N5O7/c1-39-25-15-18(12-13-22(25)32-29(38)31-21-9-3-4-11-24(21)35)16-26(36)33-34-14-6-10-23(34)27(30)41-20-8-5-7-19(17-20)28(37)40-2/h3-5,7-9,11-13,15,17,23,27,35H,6,10,14,16,30H2,1-2H3,(H,33,36)(H2,31,32,38). The summed E-state index contributed by atoms with van der Waals surface area (Å²) in [4.78, 5) is 37.1. The van der Waals surface area contributed by atoms with Gasteiger partial charge in [-0.1, -0.05) is 24.3 Å². The zero-order valence-electron chi connectivity index (χ0n) is 22.8. The summed E-state index contributed by atoms with van der Waals surface area (Å²) in [5.41, 5.74) is 10.9. The van der Waals surface area contributed by atoms with E-state index in [0.717, 1.165) is 12.8 Å². The van der Waals surface area contributed by atoms with Gasteiger partial charge in [0.15, 0.2) is 6.23 Å². The van der Waals surface area contributed by atoms with Crippen molar-refractivity contribution in [3.05, 3.63) is 77.9 Å².